The molecule has 2 aromatic rings. The summed E-state index contributed by atoms with van der Waals surface area (Å²) in [4.78, 5) is 0. The second-order valence-electron chi connectivity index (χ2n) is 4.96. The quantitative estimate of drug-likeness (QED) is 0.657. The third-order valence-corrected chi connectivity index (χ3v) is 3.52. The summed E-state index contributed by atoms with van der Waals surface area (Å²) in [5.74, 6) is 0.823. The van der Waals surface area contributed by atoms with Gasteiger partial charge in [0.2, 0.25) is 0 Å². The molecule has 0 fully saturated rings. The topological polar surface area (TPSA) is 33.6 Å². The van der Waals surface area contributed by atoms with Gasteiger partial charge in [-0.25, -0.2) is 0 Å². The Balaban J connectivity index is 2.71. The molecule has 0 saturated carbocycles. The minimum absolute atomic E-state index is 0.580. The molecule has 0 spiro atoms. The van der Waals surface area contributed by atoms with Crippen molar-refractivity contribution in [2.45, 2.75) is 27.7 Å². The van der Waals surface area contributed by atoms with Gasteiger partial charge in [-0.05, 0) is 51.0 Å². The van der Waals surface area contributed by atoms with Gasteiger partial charge in [0.25, 0.3) is 0 Å². The van der Waals surface area contributed by atoms with E-state index in [0.717, 1.165) is 22.7 Å². The standard InChI is InChI=1S/C16H19N3S/c1-6-14(10(2)3)19-15(17-18-16(19)20)13-8-7-11(4)9-12(13)5/h6-9H,2H2,1,3-5H3,(H,18,20)/b14-6+. The fourth-order valence-electron chi connectivity index (χ4n) is 2.33. The number of aromatic amines is 1. The van der Waals surface area contributed by atoms with E-state index in [4.69, 9.17) is 12.2 Å². The van der Waals surface area contributed by atoms with Gasteiger partial charge in [-0.1, -0.05) is 36.4 Å². The average Bonchev–Trinajstić information content (AvgIpc) is 2.73. The van der Waals surface area contributed by atoms with E-state index >= 15 is 0 Å². The third-order valence-electron chi connectivity index (χ3n) is 3.25. The third kappa shape index (κ3) is 2.51. The lowest BCUT2D eigenvalue weighted by Crippen LogP contribution is -2.02. The van der Waals surface area contributed by atoms with Gasteiger partial charge in [0.15, 0.2) is 10.6 Å². The number of rotatable bonds is 3. The van der Waals surface area contributed by atoms with Gasteiger partial charge < -0.3 is 0 Å². The summed E-state index contributed by atoms with van der Waals surface area (Å²) in [7, 11) is 0. The van der Waals surface area contributed by atoms with Crippen LogP contribution in [0, 0.1) is 18.6 Å². The Morgan fingerprint density at radius 1 is 1.40 bits per heavy atom. The number of nitrogens with zero attached hydrogens (tertiary/aromatic N) is 2. The van der Waals surface area contributed by atoms with Gasteiger partial charge in [0, 0.05) is 11.3 Å². The van der Waals surface area contributed by atoms with Crippen molar-refractivity contribution in [3.63, 3.8) is 0 Å². The molecule has 1 heterocycles. The fraction of sp³-hybridized carbons (Fsp3) is 0.250. The summed E-state index contributed by atoms with van der Waals surface area (Å²) in [6.07, 6.45) is 2.00. The predicted octanol–water partition coefficient (Wildman–Crippen LogP) is 4.66. The molecule has 0 saturated heterocycles. The molecule has 4 heteroatoms. The lowest BCUT2D eigenvalue weighted by atomic mass is 10.0. The first-order valence-corrected chi connectivity index (χ1v) is 6.94. The molecule has 3 nitrogen and oxygen atoms in total. The maximum Gasteiger partial charge on any atom is 0.200 e. The largest absolute Gasteiger partial charge is 0.268 e. The average molecular weight is 285 g/mol. The van der Waals surface area contributed by atoms with Crippen LogP contribution in [0.1, 0.15) is 25.0 Å². The Bertz CT molecular complexity index is 747. The van der Waals surface area contributed by atoms with Crippen molar-refractivity contribution < 1.29 is 0 Å². The van der Waals surface area contributed by atoms with Crippen molar-refractivity contribution in [2.24, 2.45) is 0 Å². The predicted molar refractivity (Wildman–Crippen MR) is 87.1 cm³/mol. The molecule has 20 heavy (non-hydrogen) atoms. The molecule has 0 aliphatic carbocycles. The molecule has 0 aliphatic heterocycles. The maximum atomic E-state index is 5.37. The highest BCUT2D eigenvalue weighted by molar-refractivity contribution is 7.71. The van der Waals surface area contributed by atoms with E-state index < -0.39 is 0 Å². The van der Waals surface area contributed by atoms with Crippen LogP contribution in [0.5, 0.6) is 0 Å². The molecule has 0 unspecified atom stereocenters. The second-order valence-corrected chi connectivity index (χ2v) is 5.35. The van der Waals surface area contributed by atoms with Crippen molar-refractivity contribution in [2.75, 3.05) is 0 Å². The zero-order valence-electron chi connectivity index (χ0n) is 12.3. The van der Waals surface area contributed by atoms with Crippen LogP contribution in [0.4, 0.5) is 0 Å². The summed E-state index contributed by atoms with van der Waals surface area (Å²) >= 11 is 5.37. The molecule has 0 radical (unpaired) electrons. The number of aryl methyl sites for hydroxylation is 2. The highest BCUT2D eigenvalue weighted by atomic mass is 32.1. The number of benzene rings is 1. The van der Waals surface area contributed by atoms with E-state index in [1.54, 1.807) is 0 Å². The monoisotopic (exact) mass is 285 g/mol. The Hall–Kier alpha value is -1.94. The van der Waals surface area contributed by atoms with Gasteiger partial charge in [-0.15, -0.1) is 0 Å². The number of allylic oxidation sites excluding steroid dienone is 3. The number of hydrogen-bond acceptors (Lipinski definition) is 2. The van der Waals surface area contributed by atoms with Crippen molar-refractivity contribution >= 4 is 17.9 Å². The van der Waals surface area contributed by atoms with Gasteiger partial charge in [-0.3, -0.25) is 9.67 Å². The van der Waals surface area contributed by atoms with Crippen LogP contribution in [0.3, 0.4) is 0 Å². The van der Waals surface area contributed by atoms with Crippen LogP contribution in [0.2, 0.25) is 0 Å². The Labute approximate surface area is 124 Å². The van der Waals surface area contributed by atoms with E-state index in [-0.39, 0.29) is 0 Å². The summed E-state index contributed by atoms with van der Waals surface area (Å²) in [5, 5.41) is 7.27. The molecule has 0 amide bonds. The minimum Gasteiger partial charge on any atom is -0.268 e. The summed E-state index contributed by atoms with van der Waals surface area (Å²) in [6.45, 7) is 12.1. The molecular weight excluding hydrogens is 266 g/mol. The zero-order chi connectivity index (χ0) is 14.9. The molecule has 0 bridgehead atoms. The van der Waals surface area contributed by atoms with Gasteiger partial charge in [0.05, 0.1) is 0 Å². The van der Waals surface area contributed by atoms with E-state index in [0.29, 0.717) is 4.77 Å². The number of aromatic nitrogens is 3. The van der Waals surface area contributed by atoms with Gasteiger partial charge >= 0.3 is 0 Å². The van der Waals surface area contributed by atoms with Crippen LogP contribution < -0.4 is 0 Å². The summed E-state index contributed by atoms with van der Waals surface area (Å²) in [5.41, 5.74) is 5.41. The van der Waals surface area contributed by atoms with Crippen LogP contribution >= 0.6 is 12.2 Å². The molecule has 104 valence electrons. The minimum atomic E-state index is 0.580. The molecule has 0 aliphatic rings. The lowest BCUT2D eigenvalue weighted by Gasteiger charge is -2.12. The van der Waals surface area contributed by atoms with Crippen LogP contribution in [-0.4, -0.2) is 14.8 Å². The molecular formula is C16H19N3S. The van der Waals surface area contributed by atoms with E-state index in [1.165, 1.54) is 11.1 Å². The number of nitrogens with one attached hydrogen (secondary N) is 1. The molecule has 1 aromatic heterocycles. The smallest absolute Gasteiger partial charge is 0.200 e. The lowest BCUT2D eigenvalue weighted by molar-refractivity contribution is 1.05. The van der Waals surface area contributed by atoms with E-state index in [2.05, 4.69) is 48.8 Å². The number of H-pyrrole nitrogens is 1. The zero-order valence-corrected chi connectivity index (χ0v) is 13.1. The maximum absolute atomic E-state index is 5.37. The first-order valence-electron chi connectivity index (χ1n) is 6.53. The van der Waals surface area contributed by atoms with Crippen LogP contribution in [-0.2, 0) is 0 Å². The Morgan fingerprint density at radius 2 is 2.10 bits per heavy atom. The molecule has 0 atom stereocenters. The highest BCUT2D eigenvalue weighted by Crippen LogP contribution is 2.27. The second kappa shape index (κ2) is 5.59. The van der Waals surface area contributed by atoms with Crippen LogP contribution in [0.25, 0.3) is 17.1 Å². The Morgan fingerprint density at radius 3 is 2.65 bits per heavy atom. The van der Waals surface area contributed by atoms with Crippen molar-refractivity contribution in [3.05, 3.63) is 52.3 Å². The fourth-order valence-corrected chi connectivity index (χ4v) is 2.56. The van der Waals surface area contributed by atoms with Crippen LogP contribution in [0.15, 0.2) is 36.4 Å². The molecule has 1 aromatic carbocycles. The molecule has 2 rings (SSSR count). The van der Waals surface area contributed by atoms with Gasteiger partial charge in [-0.2, -0.15) is 5.10 Å². The number of hydrogen-bond donors (Lipinski definition) is 1. The Kier molecular flexibility index (Phi) is 4.04. The first kappa shape index (κ1) is 14.5. The summed E-state index contributed by atoms with van der Waals surface area (Å²) < 4.78 is 2.52. The van der Waals surface area contributed by atoms with Crippen molar-refractivity contribution in [3.8, 4) is 11.4 Å². The first-order chi connectivity index (χ1) is 9.45. The van der Waals surface area contributed by atoms with E-state index in [1.807, 2.05) is 24.5 Å². The van der Waals surface area contributed by atoms with Gasteiger partial charge in [0.1, 0.15) is 0 Å². The van der Waals surface area contributed by atoms with Crippen molar-refractivity contribution in [1.29, 1.82) is 0 Å². The van der Waals surface area contributed by atoms with Crippen molar-refractivity contribution in [1.82, 2.24) is 14.8 Å². The highest BCUT2D eigenvalue weighted by Gasteiger charge is 2.14. The van der Waals surface area contributed by atoms with E-state index in [9.17, 15) is 0 Å². The summed E-state index contributed by atoms with van der Waals surface area (Å²) in [6, 6.07) is 6.31. The normalized spacial score (nSPS) is 11.7. The SMILES string of the molecule is C=C(C)/C(=C\C)n1c(-c2ccc(C)cc2C)n[nH]c1=S. The molecule has 1 N–H and O–H groups in total.